The molecule has 19 heavy (non-hydrogen) atoms. The summed E-state index contributed by atoms with van der Waals surface area (Å²) in [6, 6.07) is 1.48. The van der Waals surface area contributed by atoms with Crippen LogP contribution in [0.5, 0.6) is 0 Å². The number of thiophene rings is 1. The summed E-state index contributed by atoms with van der Waals surface area (Å²) in [5.74, 6) is -0.352. The third-order valence-electron chi connectivity index (χ3n) is 3.51. The number of piperidine rings is 1. The number of esters is 1. The lowest BCUT2D eigenvalue weighted by Crippen LogP contribution is -2.48. The van der Waals surface area contributed by atoms with E-state index in [4.69, 9.17) is 4.74 Å². The molecule has 0 aliphatic carbocycles. The minimum absolute atomic E-state index is 0.0445. The molecule has 0 N–H and O–H groups in total. The highest BCUT2D eigenvalue weighted by Gasteiger charge is 2.34. The zero-order valence-electron chi connectivity index (χ0n) is 11.6. The number of likely N-dealkylation sites (tertiary alicyclic amines) is 1. The molecule has 104 valence electrons. The van der Waals surface area contributed by atoms with Crippen LogP contribution >= 0.6 is 11.3 Å². The topological polar surface area (TPSA) is 46.6 Å². The molecule has 0 saturated carbocycles. The van der Waals surface area contributed by atoms with E-state index in [1.165, 1.54) is 7.11 Å². The molecule has 1 aliphatic heterocycles. The van der Waals surface area contributed by atoms with E-state index >= 15 is 0 Å². The van der Waals surface area contributed by atoms with Gasteiger partial charge in [0, 0.05) is 16.3 Å². The highest BCUT2D eigenvalue weighted by Crippen LogP contribution is 2.26. The number of nitrogens with zero attached hydrogens (tertiary/aromatic N) is 1. The molecule has 5 heteroatoms. The van der Waals surface area contributed by atoms with Crippen molar-refractivity contribution in [3.8, 4) is 0 Å². The Balaban J connectivity index is 2.25. The summed E-state index contributed by atoms with van der Waals surface area (Å²) in [7, 11) is 1.37. The summed E-state index contributed by atoms with van der Waals surface area (Å²) in [5.41, 5.74) is 0.721. The molecule has 0 aromatic carbocycles. The van der Waals surface area contributed by atoms with Gasteiger partial charge in [-0.25, -0.2) is 4.79 Å². The van der Waals surface area contributed by atoms with Gasteiger partial charge in [0.15, 0.2) is 0 Å². The van der Waals surface area contributed by atoms with Gasteiger partial charge in [-0.1, -0.05) is 0 Å². The molecule has 1 aromatic heterocycles. The second-order valence-electron chi connectivity index (χ2n) is 4.86. The van der Waals surface area contributed by atoms with Crippen molar-refractivity contribution < 1.29 is 14.3 Å². The first-order valence-corrected chi connectivity index (χ1v) is 7.32. The molecular weight excluding hydrogens is 262 g/mol. The van der Waals surface area contributed by atoms with E-state index in [0.717, 1.165) is 28.2 Å². The van der Waals surface area contributed by atoms with E-state index in [9.17, 15) is 9.59 Å². The zero-order chi connectivity index (χ0) is 14.0. The number of aryl methyl sites for hydroxylation is 2. The minimum Gasteiger partial charge on any atom is -0.467 e. The smallest absolute Gasteiger partial charge is 0.328 e. The Morgan fingerprint density at radius 1 is 1.37 bits per heavy atom. The fourth-order valence-corrected chi connectivity index (χ4v) is 3.47. The van der Waals surface area contributed by atoms with Crippen LogP contribution < -0.4 is 0 Å². The molecular formula is C14H19NO3S. The van der Waals surface area contributed by atoms with E-state index < -0.39 is 6.04 Å². The van der Waals surface area contributed by atoms with Crippen molar-refractivity contribution in [1.82, 2.24) is 4.90 Å². The van der Waals surface area contributed by atoms with Crippen LogP contribution in [0.1, 0.15) is 39.4 Å². The largest absolute Gasteiger partial charge is 0.467 e. The molecule has 2 rings (SSSR count). The molecule has 2 heterocycles. The van der Waals surface area contributed by atoms with Crippen LogP contribution in [0.15, 0.2) is 6.07 Å². The van der Waals surface area contributed by atoms with Crippen LogP contribution in [0.2, 0.25) is 0 Å². The third-order valence-corrected chi connectivity index (χ3v) is 4.47. The molecule has 0 bridgehead atoms. The maximum absolute atomic E-state index is 12.6. The first kappa shape index (κ1) is 14.1. The molecule has 1 atom stereocenters. The quantitative estimate of drug-likeness (QED) is 0.783. The number of hydrogen-bond donors (Lipinski definition) is 0. The Morgan fingerprint density at radius 3 is 2.68 bits per heavy atom. The minimum atomic E-state index is -0.425. The molecule has 4 nitrogen and oxygen atoms in total. The summed E-state index contributed by atoms with van der Waals surface area (Å²) in [6.45, 7) is 4.57. The van der Waals surface area contributed by atoms with Gasteiger partial charge >= 0.3 is 5.97 Å². The SMILES string of the molecule is COC(=O)[C@H]1CCCCN1C(=O)c1cc(C)sc1C. The maximum atomic E-state index is 12.6. The third kappa shape index (κ3) is 2.81. The summed E-state index contributed by atoms with van der Waals surface area (Å²) in [6.07, 6.45) is 2.60. The van der Waals surface area contributed by atoms with E-state index in [1.54, 1.807) is 16.2 Å². The lowest BCUT2D eigenvalue weighted by Gasteiger charge is -2.33. The highest BCUT2D eigenvalue weighted by molar-refractivity contribution is 7.12. The van der Waals surface area contributed by atoms with E-state index in [2.05, 4.69) is 0 Å². The second kappa shape index (κ2) is 5.74. The normalized spacial score (nSPS) is 19.3. The second-order valence-corrected chi connectivity index (χ2v) is 6.32. The molecule has 0 unspecified atom stereocenters. The number of carbonyl (C=O) groups is 2. The Kier molecular flexibility index (Phi) is 4.24. The average molecular weight is 281 g/mol. The highest BCUT2D eigenvalue weighted by atomic mass is 32.1. The van der Waals surface area contributed by atoms with Crippen molar-refractivity contribution in [3.05, 3.63) is 21.4 Å². The van der Waals surface area contributed by atoms with Gasteiger partial charge in [-0.2, -0.15) is 0 Å². The van der Waals surface area contributed by atoms with Crippen LogP contribution in [0.25, 0.3) is 0 Å². The fourth-order valence-electron chi connectivity index (χ4n) is 2.55. The van der Waals surface area contributed by atoms with Crippen molar-refractivity contribution in [2.75, 3.05) is 13.7 Å². The lowest BCUT2D eigenvalue weighted by molar-refractivity contribution is -0.147. The number of rotatable bonds is 2. The molecule has 1 fully saturated rings. The number of ether oxygens (including phenoxy) is 1. The Morgan fingerprint density at radius 2 is 2.11 bits per heavy atom. The number of carbonyl (C=O) groups excluding carboxylic acids is 2. The first-order chi connectivity index (χ1) is 9.04. The van der Waals surface area contributed by atoms with Crippen LogP contribution in [0.3, 0.4) is 0 Å². The van der Waals surface area contributed by atoms with Crippen LogP contribution in [0, 0.1) is 13.8 Å². The summed E-state index contributed by atoms with van der Waals surface area (Å²) in [4.78, 5) is 28.2. The standard InChI is InChI=1S/C14H19NO3S/c1-9-8-11(10(2)19-9)13(16)15-7-5-4-6-12(15)14(17)18-3/h8,12H,4-7H2,1-3H3/t12-/m1/s1. The summed E-state index contributed by atoms with van der Waals surface area (Å²) in [5, 5.41) is 0. The van der Waals surface area contributed by atoms with Crippen molar-refractivity contribution in [2.24, 2.45) is 0 Å². The van der Waals surface area contributed by atoms with Gasteiger partial charge in [0.2, 0.25) is 0 Å². The van der Waals surface area contributed by atoms with E-state index in [1.807, 2.05) is 19.9 Å². The van der Waals surface area contributed by atoms with Gasteiger partial charge in [0.1, 0.15) is 6.04 Å². The van der Waals surface area contributed by atoms with Crippen LogP contribution in [-0.4, -0.2) is 36.5 Å². The van der Waals surface area contributed by atoms with Gasteiger partial charge in [0.05, 0.1) is 12.7 Å². The van der Waals surface area contributed by atoms with Crippen molar-refractivity contribution in [1.29, 1.82) is 0 Å². The van der Waals surface area contributed by atoms with Gasteiger partial charge in [-0.3, -0.25) is 4.79 Å². The van der Waals surface area contributed by atoms with Gasteiger partial charge < -0.3 is 9.64 Å². The van der Waals surface area contributed by atoms with Crippen LogP contribution in [0.4, 0.5) is 0 Å². The number of hydrogen-bond acceptors (Lipinski definition) is 4. The van der Waals surface area contributed by atoms with Gasteiger partial charge in [0.25, 0.3) is 5.91 Å². The van der Waals surface area contributed by atoms with E-state index in [-0.39, 0.29) is 11.9 Å². The van der Waals surface area contributed by atoms with Crippen molar-refractivity contribution in [3.63, 3.8) is 0 Å². The predicted octanol–water partition coefficient (Wildman–Crippen LogP) is 2.53. The summed E-state index contributed by atoms with van der Waals surface area (Å²) >= 11 is 1.61. The molecule has 1 amide bonds. The zero-order valence-corrected chi connectivity index (χ0v) is 12.4. The average Bonchev–Trinajstić information content (AvgIpc) is 2.76. The lowest BCUT2D eigenvalue weighted by atomic mass is 10.0. The molecule has 1 aliphatic rings. The molecule has 1 aromatic rings. The van der Waals surface area contributed by atoms with Crippen molar-refractivity contribution >= 4 is 23.2 Å². The van der Waals surface area contributed by atoms with Crippen LogP contribution in [-0.2, 0) is 9.53 Å². The first-order valence-electron chi connectivity index (χ1n) is 6.50. The van der Waals surface area contributed by atoms with E-state index in [0.29, 0.717) is 13.0 Å². The Labute approximate surface area is 117 Å². The van der Waals surface area contributed by atoms with Crippen molar-refractivity contribution in [2.45, 2.75) is 39.2 Å². The fraction of sp³-hybridized carbons (Fsp3) is 0.571. The monoisotopic (exact) mass is 281 g/mol. The van der Waals surface area contributed by atoms with Gasteiger partial charge in [-0.15, -0.1) is 11.3 Å². The molecule has 0 radical (unpaired) electrons. The molecule has 0 spiro atoms. The Bertz CT molecular complexity index is 495. The Hall–Kier alpha value is -1.36. The van der Waals surface area contributed by atoms with Gasteiger partial charge in [-0.05, 0) is 39.2 Å². The number of methoxy groups -OCH3 is 1. The molecule has 1 saturated heterocycles. The number of amides is 1. The maximum Gasteiger partial charge on any atom is 0.328 e. The predicted molar refractivity (Wildman–Crippen MR) is 74.5 cm³/mol. The summed E-state index contributed by atoms with van der Waals surface area (Å²) < 4.78 is 4.81.